The molecule has 0 aliphatic rings. The van der Waals surface area contributed by atoms with E-state index in [1.807, 2.05) is 25.1 Å². The van der Waals surface area contributed by atoms with E-state index in [1.165, 1.54) is 6.33 Å². The van der Waals surface area contributed by atoms with Crippen molar-refractivity contribution in [3.8, 4) is 5.75 Å². The number of amides is 2. The molecule has 0 radical (unpaired) electrons. The minimum atomic E-state index is -0.314. The third kappa shape index (κ3) is 3.68. The maximum atomic E-state index is 11.8. The lowest BCUT2D eigenvalue weighted by Crippen LogP contribution is -2.28. The molecule has 2 amide bonds. The number of nitrogens with one attached hydrogen (secondary N) is 2. The van der Waals surface area contributed by atoms with Gasteiger partial charge >= 0.3 is 6.03 Å². The van der Waals surface area contributed by atoms with Gasteiger partial charge in [0.05, 0.1) is 25.0 Å². The van der Waals surface area contributed by atoms with Crippen LogP contribution >= 0.6 is 0 Å². The molecule has 1 aromatic carbocycles. The number of rotatable bonds is 4. The van der Waals surface area contributed by atoms with Gasteiger partial charge in [0.25, 0.3) is 0 Å². The second kappa shape index (κ2) is 6.51. The third-order valence-electron chi connectivity index (χ3n) is 2.65. The highest BCUT2D eigenvalue weighted by Gasteiger charge is 2.06. The molecule has 0 fully saturated rings. The zero-order chi connectivity index (χ0) is 14.4. The molecular formula is C14H16N4O2. The first kappa shape index (κ1) is 13.8. The van der Waals surface area contributed by atoms with Gasteiger partial charge in [-0.05, 0) is 25.1 Å². The summed E-state index contributed by atoms with van der Waals surface area (Å²) in [6.45, 7) is 2.21. The quantitative estimate of drug-likeness (QED) is 0.893. The van der Waals surface area contributed by atoms with Crippen LogP contribution in [0.2, 0.25) is 0 Å². The van der Waals surface area contributed by atoms with Crippen molar-refractivity contribution < 1.29 is 9.53 Å². The number of benzene rings is 1. The van der Waals surface area contributed by atoms with Crippen LogP contribution in [-0.2, 0) is 6.54 Å². The predicted molar refractivity (Wildman–Crippen MR) is 75.6 cm³/mol. The van der Waals surface area contributed by atoms with Crippen molar-refractivity contribution in [3.05, 3.63) is 48.0 Å². The monoisotopic (exact) mass is 272 g/mol. The van der Waals surface area contributed by atoms with E-state index in [2.05, 4.69) is 20.6 Å². The summed E-state index contributed by atoms with van der Waals surface area (Å²) in [5.74, 6) is 0.612. The van der Waals surface area contributed by atoms with Crippen LogP contribution in [0.5, 0.6) is 5.75 Å². The Kier molecular flexibility index (Phi) is 4.49. The molecule has 0 unspecified atom stereocenters. The molecule has 0 bridgehead atoms. The Morgan fingerprint density at radius 1 is 1.30 bits per heavy atom. The molecule has 0 saturated carbocycles. The van der Waals surface area contributed by atoms with Crippen LogP contribution in [0.4, 0.5) is 10.5 Å². The van der Waals surface area contributed by atoms with Crippen LogP contribution in [0.15, 0.2) is 36.7 Å². The smallest absolute Gasteiger partial charge is 0.319 e. The summed E-state index contributed by atoms with van der Waals surface area (Å²) >= 11 is 0. The molecule has 2 aromatic rings. The molecule has 20 heavy (non-hydrogen) atoms. The topological polar surface area (TPSA) is 76.1 Å². The Morgan fingerprint density at radius 2 is 2.10 bits per heavy atom. The number of aryl methyl sites for hydroxylation is 1. The molecule has 6 nitrogen and oxygen atoms in total. The van der Waals surface area contributed by atoms with E-state index in [4.69, 9.17) is 4.74 Å². The maximum Gasteiger partial charge on any atom is 0.319 e. The van der Waals surface area contributed by atoms with E-state index in [9.17, 15) is 4.79 Å². The number of anilines is 1. The number of carbonyl (C=O) groups is 1. The number of urea groups is 1. The highest BCUT2D eigenvalue weighted by Crippen LogP contribution is 2.22. The van der Waals surface area contributed by atoms with Crippen molar-refractivity contribution in [1.82, 2.24) is 15.3 Å². The lowest BCUT2D eigenvalue weighted by molar-refractivity contribution is 0.251. The van der Waals surface area contributed by atoms with Gasteiger partial charge in [0.2, 0.25) is 0 Å². The fourth-order valence-corrected chi connectivity index (χ4v) is 1.69. The van der Waals surface area contributed by atoms with Gasteiger partial charge in [-0.15, -0.1) is 0 Å². The van der Waals surface area contributed by atoms with Crippen molar-refractivity contribution in [3.63, 3.8) is 0 Å². The lowest BCUT2D eigenvalue weighted by atomic mass is 10.3. The summed E-state index contributed by atoms with van der Waals surface area (Å²) in [6, 6.07) is 8.73. The number of hydrogen-bond acceptors (Lipinski definition) is 4. The molecule has 0 aliphatic heterocycles. The molecule has 2 rings (SSSR count). The number of aromatic nitrogens is 2. The van der Waals surface area contributed by atoms with Crippen molar-refractivity contribution in [2.24, 2.45) is 0 Å². The fourth-order valence-electron chi connectivity index (χ4n) is 1.69. The molecule has 104 valence electrons. The number of nitrogens with zero attached hydrogens (tertiary/aromatic N) is 2. The number of carbonyl (C=O) groups excluding carboxylic acids is 1. The molecule has 6 heteroatoms. The standard InChI is InChI=1S/C14H16N4O2/c1-10-7-11(17-9-16-10)8-15-14(19)18-12-5-3-4-6-13(12)20-2/h3-7,9H,8H2,1-2H3,(H2,15,18,19). The van der Waals surface area contributed by atoms with Gasteiger partial charge in [0, 0.05) is 5.69 Å². The normalized spacial score (nSPS) is 9.90. The third-order valence-corrected chi connectivity index (χ3v) is 2.65. The van der Waals surface area contributed by atoms with Gasteiger partial charge in [0.15, 0.2) is 0 Å². The highest BCUT2D eigenvalue weighted by molar-refractivity contribution is 5.90. The van der Waals surface area contributed by atoms with Crippen molar-refractivity contribution in [2.75, 3.05) is 12.4 Å². The van der Waals surface area contributed by atoms with E-state index < -0.39 is 0 Å². The molecular weight excluding hydrogens is 256 g/mol. The SMILES string of the molecule is COc1ccccc1NC(=O)NCc1cc(C)ncn1. The lowest BCUT2D eigenvalue weighted by Gasteiger charge is -2.10. The number of para-hydroxylation sites is 2. The van der Waals surface area contributed by atoms with Crippen LogP contribution < -0.4 is 15.4 Å². The molecule has 0 aliphatic carbocycles. The number of ether oxygens (including phenoxy) is 1. The predicted octanol–water partition coefficient (Wildman–Crippen LogP) is 2.12. The van der Waals surface area contributed by atoms with E-state index >= 15 is 0 Å². The second-order valence-corrected chi connectivity index (χ2v) is 4.16. The van der Waals surface area contributed by atoms with Gasteiger partial charge in [-0.25, -0.2) is 14.8 Å². The van der Waals surface area contributed by atoms with E-state index in [1.54, 1.807) is 19.2 Å². The van der Waals surface area contributed by atoms with Crippen molar-refractivity contribution in [1.29, 1.82) is 0 Å². The minimum Gasteiger partial charge on any atom is -0.495 e. The molecule has 0 spiro atoms. The van der Waals surface area contributed by atoms with Gasteiger partial charge in [-0.1, -0.05) is 12.1 Å². The summed E-state index contributed by atoms with van der Waals surface area (Å²) < 4.78 is 5.16. The highest BCUT2D eigenvalue weighted by atomic mass is 16.5. The summed E-state index contributed by atoms with van der Waals surface area (Å²) in [4.78, 5) is 19.9. The average Bonchev–Trinajstić information content (AvgIpc) is 2.46. The molecule has 1 aromatic heterocycles. The second-order valence-electron chi connectivity index (χ2n) is 4.16. The summed E-state index contributed by atoms with van der Waals surface area (Å²) in [7, 11) is 1.56. The zero-order valence-electron chi connectivity index (χ0n) is 11.4. The van der Waals surface area contributed by atoms with Crippen LogP contribution in [0.1, 0.15) is 11.4 Å². The summed E-state index contributed by atoms with van der Waals surface area (Å²) in [6.07, 6.45) is 1.48. The summed E-state index contributed by atoms with van der Waals surface area (Å²) in [5.41, 5.74) is 2.24. The van der Waals surface area contributed by atoms with Crippen molar-refractivity contribution in [2.45, 2.75) is 13.5 Å². The molecule has 2 N–H and O–H groups in total. The summed E-state index contributed by atoms with van der Waals surface area (Å²) in [5, 5.41) is 5.46. The Bertz CT molecular complexity index is 601. The first-order valence-corrected chi connectivity index (χ1v) is 6.14. The number of methoxy groups -OCH3 is 1. The largest absolute Gasteiger partial charge is 0.495 e. The fraction of sp³-hybridized carbons (Fsp3) is 0.214. The Labute approximate surface area is 117 Å². The molecule has 0 atom stereocenters. The molecule has 0 saturated heterocycles. The Morgan fingerprint density at radius 3 is 2.85 bits per heavy atom. The van der Waals surface area contributed by atoms with Gasteiger partial charge in [-0.3, -0.25) is 0 Å². The van der Waals surface area contributed by atoms with Gasteiger partial charge in [-0.2, -0.15) is 0 Å². The van der Waals surface area contributed by atoms with Crippen LogP contribution in [0, 0.1) is 6.92 Å². The van der Waals surface area contributed by atoms with Gasteiger partial charge < -0.3 is 15.4 Å². The first-order valence-electron chi connectivity index (χ1n) is 6.14. The van der Waals surface area contributed by atoms with Gasteiger partial charge in [0.1, 0.15) is 12.1 Å². The Balaban J connectivity index is 1.93. The molecule has 1 heterocycles. The maximum absolute atomic E-state index is 11.8. The zero-order valence-corrected chi connectivity index (χ0v) is 11.4. The van der Waals surface area contributed by atoms with E-state index in [0.717, 1.165) is 11.4 Å². The Hall–Kier alpha value is -2.63. The van der Waals surface area contributed by atoms with Crippen molar-refractivity contribution >= 4 is 11.7 Å². The van der Waals surface area contributed by atoms with E-state index in [0.29, 0.717) is 18.0 Å². The minimum absolute atomic E-state index is 0.314. The number of hydrogen-bond donors (Lipinski definition) is 2. The average molecular weight is 272 g/mol. The first-order chi connectivity index (χ1) is 9.69. The van der Waals surface area contributed by atoms with Crippen LogP contribution in [-0.4, -0.2) is 23.1 Å². The van der Waals surface area contributed by atoms with Crippen LogP contribution in [0.25, 0.3) is 0 Å². The van der Waals surface area contributed by atoms with E-state index in [-0.39, 0.29) is 6.03 Å². The van der Waals surface area contributed by atoms with Crippen LogP contribution in [0.3, 0.4) is 0 Å².